The van der Waals surface area contributed by atoms with Gasteiger partial charge in [-0.15, -0.1) is 0 Å². The zero-order valence-electron chi connectivity index (χ0n) is 16.6. The van der Waals surface area contributed by atoms with E-state index in [1.54, 1.807) is 10.6 Å². The molecule has 3 aromatic rings. The fraction of sp³-hybridized carbons (Fsp3) is 0.421. The molecule has 0 saturated carbocycles. The van der Waals surface area contributed by atoms with Crippen LogP contribution < -0.4 is 5.32 Å². The monoisotopic (exact) mass is 714 g/mol. The number of nitrogens with one attached hydrogen (secondary N) is 1. The van der Waals surface area contributed by atoms with E-state index in [0.29, 0.717) is 16.8 Å². The Morgan fingerprint density at radius 1 is 1.39 bits per heavy atom. The summed E-state index contributed by atoms with van der Waals surface area (Å²) in [6.45, 7) is 3.88. The van der Waals surface area contributed by atoms with Gasteiger partial charge in [-0.3, -0.25) is 0 Å². The van der Waals surface area contributed by atoms with E-state index in [1.807, 2.05) is 13.8 Å². The first kappa shape index (κ1) is 22.4. The Labute approximate surface area is 178 Å². The molecule has 0 bridgehead atoms. The van der Waals surface area contributed by atoms with Crippen LogP contribution in [0, 0.1) is 12.1 Å². The van der Waals surface area contributed by atoms with Crippen molar-refractivity contribution in [3.8, 4) is 11.3 Å². The van der Waals surface area contributed by atoms with Crippen LogP contribution in [0.2, 0.25) is 5.02 Å². The van der Waals surface area contributed by atoms with Crippen LogP contribution in [0.4, 0.5) is 10.3 Å². The number of nitrogens with zero attached hydrogens (tertiary/aromatic N) is 4. The van der Waals surface area contributed by atoms with E-state index in [-0.39, 0.29) is 40.5 Å². The summed E-state index contributed by atoms with van der Waals surface area (Å²) in [5.74, 6) is -0.694. The molecule has 0 spiro atoms. The molecule has 1 unspecified atom stereocenters. The standard InChI is InChI=1S/C19H20ClFN5O3S.Lr/c1-10(2)26-9-23-18-13(21)5-11(6-15(18)26)17-12(20)7-22-19(25-17)24-14-3-4-30(28,29)8-16(14)27;/h5-7,10,14,16,27H,3-4,8H2,1-2H3,(H,22,24,25);/q-1;/t14-,16?;/m1./s1. The number of rotatable bonds is 4. The Bertz CT molecular complexity index is 1220. The van der Waals surface area contributed by atoms with Crippen molar-refractivity contribution in [2.45, 2.75) is 38.5 Å². The molecule has 4 rings (SSSR count). The molecule has 12 heteroatoms. The van der Waals surface area contributed by atoms with Gasteiger partial charge in [0.15, 0.2) is 9.84 Å². The van der Waals surface area contributed by atoms with Crippen molar-refractivity contribution in [1.82, 2.24) is 19.5 Å². The van der Waals surface area contributed by atoms with Crippen molar-refractivity contribution in [2.24, 2.45) is 0 Å². The number of aromatic nitrogens is 4. The van der Waals surface area contributed by atoms with Crippen molar-refractivity contribution < 1.29 is 17.9 Å². The number of hydrogen-bond donors (Lipinski definition) is 2. The van der Waals surface area contributed by atoms with Crippen molar-refractivity contribution in [3.05, 3.63) is 35.5 Å². The molecular formula is C19H20ClFLrN5O3S-. The quantitative estimate of drug-likeness (QED) is 0.401. The largest absolute Gasteiger partial charge is 0.445 e. The molecule has 1 aliphatic heterocycles. The van der Waals surface area contributed by atoms with E-state index in [4.69, 9.17) is 11.6 Å². The van der Waals surface area contributed by atoms with E-state index in [9.17, 15) is 17.9 Å². The number of aliphatic hydroxyl groups excluding tert-OH is 1. The third-order valence-electron chi connectivity index (χ3n) is 5.05. The second-order valence-electron chi connectivity index (χ2n) is 7.61. The van der Waals surface area contributed by atoms with E-state index < -0.39 is 27.8 Å². The minimum Gasteiger partial charge on any atom is -0.445 e. The van der Waals surface area contributed by atoms with Gasteiger partial charge < -0.3 is 20.0 Å². The SMILES string of the molecule is CC(C)n1[c-]nc2c(F)cc(-c3nc(N[C@@H]4CCS(=O)(=O)CC4O)ncc3Cl)cc21.[Lr]. The zero-order chi connectivity index (χ0) is 21.6. The Hall–Kier alpha value is -3.30. The van der Waals surface area contributed by atoms with Gasteiger partial charge >= 0.3 is 0 Å². The summed E-state index contributed by atoms with van der Waals surface area (Å²) in [5.41, 5.74) is 1.53. The van der Waals surface area contributed by atoms with Crippen molar-refractivity contribution in [2.75, 3.05) is 16.8 Å². The maximum Gasteiger partial charge on any atom is 0.223 e. The Morgan fingerprint density at radius 2 is 2.13 bits per heavy atom. The van der Waals surface area contributed by atoms with E-state index in [2.05, 4.69) is 26.6 Å². The van der Waals surface area contributed by atoms with Crippen molar-refractivity contribution >= 4 is 38.4 Å². The van der Waals surface area contributed by atoms with Crippen molar-refractivity contribution in [1.29, 1.82) is 0 Å². The van der Waals surface area contributed by atoms with Crippen LogP contribution in [0.15, 0.2) is 18.3 Å². The first-order valence-electron chi connectivity index (χ1n) is 9.42. The first-order chi connectivity index (χ1) is 14.1. The fourth-order valence-electron chi connectivity index (χ4n) is 3.50. The first-order valence-corrected chi connectivity index (χ1v) is 11.6. The minimum absolute atomic E-state index is 0. The zero-order valence-corrected chi connectivity index (χ0v) is 20.3. The molecule has 1 aromatic carbocycles. The van der Waals surface area contributed by atoms with Gasteiger partial charge in [0.2, 0.25) is 5.95 Å². The predicted octanol–water partition coefficient (Wildman–Crippen LogP) is 2.63. The van der Waals surface area contributed by atoms with Gasteiger partial charge in [-0.25, -0.2) is 22.8 Å². The van der Waals surface area contributed by atoms with Crippen LogP contribution in [0.5, 0.6) is 0 Å². The van der Waals surface area contributed by atoms with Gasteiger partial charge in [0, 0.05) is 12.4 Å². The molecule has 2 atom stereocenters. The van der Waals surface area contributed by atoms with Crippen LogP contribution >= 0.6 is 11.6 Å². The van der Waals surface area contributed by atoms with Crippen LogP contribution in [-0.2, 0) is 9.84 Å². The number of hydrogen-bond acceptors (Lipinski definition) is 7. The number of anilines is 1. The van der Waals surface area contributed by atoms with E-state index in [1.165, 1.54) is 12.3 Å². The van der Waals surface area contributed by atoms with Crippen LogP contribution in [0.1, 0.15) is 26.3 Å². The average Bonchev–Trinajstić information content (AvgIpc) is 3.10. The number of aliphatic hydroxyl groups is 1. The minimum atomic E-state index is -3.25. The summed E-state index contributed by atoms with van der Waals surface area (Å²) in [5, 5.41) is 13.3. The molecule has 2 aromatic heterocycles. The molecule has 3 heterocycles. The molecule has 0 aliphatic carbocycles. The third-order valence-corrected chi connectivity index (χ3v) is 7.03. The molecule has 8 nitrogen and oxygen atoms in total. The van der Waals surface area contributed by atoms with Gasteiger partial charge in [-0.05, 0) is 37.4 Å². The molecule has 175 valence electrons. The summed E-state index contributed by atoms with van der Waals surface area (Å²) in [6, 6.07) is 2.56. The average molecular weight is 715 g/mol. The number of fused-ring (bicyclic) bond motifs is 1. The number of imidazole rings is 1. The summed E-state index contributed by atoms with van der Waals surface area (Å²) in [6.07, 6.45) is 3.34. The maximum atomic E-state index is 14.7. The van der Waals surface area contributed by atoms with Gasteiger partial charge in [0.1, 0.15) is 0 Å². The second kappa shape index (κ2) is 8.09. The topological polar surface area (TPSA) is 110 Å². The van der Waals surface area contributed by atoms with E-state index in [0.717, 1.165) is 0 Å². The molecule has 0 amide bonds. The number of sulfone groups is 1. The van der Waals surface area contributed by atoms with Gasteiger partial charge in [0.05, 0.1) is 46.4 Å². The molecule has 2 N–H and O–H groups in total. The van der Waals surface area contributed by atoms with Gasteiger partial charge in [-0.2, -0.15) is 0 Å². The van der Waals surface area contributed by atoms with Gasteiger partial charge in [-0.1, -0.05) is 23.2 Å². The number of benzene rings is 1. The summed E-state index contributed by atoms with van der Waals surface area (Å²) >= 11 is 6.29. The number of halogens is 2. The Balaban J connectivity index is 0.00000272. The summed E-state index contributed by atoms with van der Waals surface area (Å²) in [7, 11) is -3.25. The van der Waals surface area contributed by atoms with Gasteiger partial charge in [0.25, 0.3) is 0 Å². The molecule has 1 saturated heterocycles. The third kappa shape index (κ3) is 4.28. The Morgan fingerprint density at radius 3 is 2.81 bits per heavy atom. The van der Waals surface area contributed by atoms with E-state index >= 15 is 0 Å². The molecule has 1 radical (unpaired) electrons. The van der Waals surface area contributed by atoms with Crippen LogP contribution in [-0.4, -0.2) is 56.7 Å². The Kier molecular flexibility index (Phi) is 5.84. The normalized spacial score (nSPS) is 20.6. The smallest absolute Gasteiger partial charge is 0.223 e. The molecular weight excluding hydrogens is 695 g/mol. The molecule has 31 heavy (non-hydrogen) atoms. The summed E-state index contributed by atoms with van der Waals surface area (Å²) < 4.78 is 39.7. The second-order valence-corrected chi connectivity index (χ2v) is 10.2. The summed E-state index contributed by atoms with van der Waals surface area (Å²) in [4.78, 5) is 12.5. The molecule has 1 aliphatic rings. The van der Waals surface area contributed by atoms with Crippen molar-refractivity contribution in [3.63, 3.8) is 0 Å². The molecule has 1 fully saturated rings. The maximum absolute atomic E-state index is 14.7. The van der Waals surface area contributed by atoms with Crippen LogP contribution in [0.3, 0.4) is 0 Å². The van der Waals surface area contributed by atoms with Crippen LogP contribution in [0.25, 0.3) is 22.3 Å². The predicted molar refractivity (Wildman–Crippen MR) is 112 cm³/mol. The fourth-order valence-corrected chi connectivity index (χ4v) is 5.23.